The Hall–Kier alpha value is -2.43. The topological polar surface area (TPSA) is 76.3 Å². The average Bonchev–Trinajstić information content (AvgIpc) is 2.44. The van der Waals surface area contributed by atoms with Crippen LogP contribution in [0.15, 0.2) is 30.3 Å². The van der Waals surface area contributed by atoms with Crippen LogP contribution in [0.25, 0.3) is 10.9 Å². The maximum absolute atomic E-state index is 12.7. The summed E-state index contributed by atoms with van der Waals surface area (Å²) < 4.78 is 76.0. The summed E-state index contributed by atoms with van der Waals surface area (Å²) in [5.41, 5.74) is -5.95. The number of nitrogens with zero attached hydrogens (tertiary/aromatic N) is 2. The number of aliphatic hydroxyl groups is 1. The number of pyridine rings is 1. The van der Waals surface area contributed by atoms with Crippen molar-refractivity contribution in [2.45, 2.75) is 24.4 Å². The van der Waals surface area contributed by atoms with Crippen LogP contribution < -0.4 is 0 Å². The Bertz CT molecular complexity index is 773. The Kier molecular flexibility index (Phi) is 4.17. The van der Waals surface area contributed by atoms with E-state index in [4.69, 9.17) is 5.11 Å². The fraction of sp³-hybridized carbons (Fsp3) is 0.308. The molecule has 1 aromatic carbocycles. The number of halogens is 6. The molecule has 1 N–H and O–H groups in total. The first-order chi connectivity index (χ1) is 10.8. The molecule has 2 rings (SSSR count). The SMILES string of the molecule is O=[N+]([O-])c1ccc2nc(CC(O)(C(F)(F)F)C(F)(F)F)ccc2c1. The normalized spacial score (nSPS) is 13.3. The molecular weight excluding hydrogens is 346 g/mol. The lowest BCUT2D eigenvalue weighted by atomic mass is 9.95. The minimum absolute atomic E-state index is 0.0372. The third-order valence-corrected chi connectivity index (χ3v) is 3.32. The lowest BCUT2D eigenvalue weighted by Crippen LogP contribution is -2.58. The van der Waals surface area contributed by atoms with Gasteiger partial charge < -0.3 is 5.11 Å². The Morgan fingerprint density at radius 2 is 1.62 bits per heavy atom. The van der Waals surface area contributed by atoms with Crippen LogP contribution in [0.4, 0.5) is 32.0 Å². The van der Waals surface area contributed by atoms with Crippen LogP contribution >= 0.6 is 0 Å². The highest BCUT2D eigenvalue weighted by Gasteiger charge is 2.70. The summed E-state index contributed by atoms with van der Waals surface area (Å²) in [4.78, 5) is 13.5. The molecule has 11 heteroatoms. The number of rotatable bonds is 3. The lowest BCUT2D eigenvalue weighted by molar-refractivity contribution is -0.384. The highest BCUT2D eigenvalue weighted by Crippen LogP contribution is 2.44. The van der Waals surface area contributed by atoms with Crippen LogP contribution in [0.1, 0.15) is 5.69 Å². The zero-order chi connectivity index (χ0) is 18.3. The minimum atomic E-state index is -5.95. The van der Waals surface area contributed by atoms with Gasteiger partial charge in [-0.05, 0) is 12.1 Å². The lowest BCUT2D eigenvalue weighted by Gasteiger charge is -2.32. The van der Waals surface area contributed by atoms with E-state index < -0.39 is 35.0 Å². The number of non-ortho nitro benzene ring substituents is 1. The molecule has 0 aliphatic rings. The molecule has 0 aliphatic heterocycles. The van der Waals surface area contributed by atoms with Gasteiger partial charge >= 0.3 is 12.4 Å². The Morgan fingerprint density at radius 3 is 2.12 bits per heavy atom. The summed E-state index contributed by atoms with van der Waals surface area (Å²) >= 11 is 0. The molecule has 130 valence electrons. The van der Waals surface area contributed by atoms with Crippen molar-refractivity contribution in [1.82, 2.24) is 4.98 Å². The van der Waals surface area contributed by atoms with E-state index in [1.54, 1.807) is 0 Å². The molecular formula is C13H8F6N2O3. The highest BCUT2D eigenvalue weighted by molar-refractivity contribution is 5.81. The van der Waals surface area contributed by atoms with E-state index in [1.165, 1.54) is 0 Å². The van der Waals surface area contributed by atoms with Crippen molar-refractivity contribution in [1.29, 1.82) is 0 Å². The number of fused-ring (bicyclic) bond motifs is 1. The molecule has 0 radical (unpaired) electrons. The Morgan fingerprint density at radius 1 is 1.04 bits per heavy atom. The first-order valence-electron chi connectivity index (χ1n) is 6.25. The van der Waals surface area contributed by atoms with Gasteiger partial charge in [-0.25, -0.2) is 0 Å². The van der Waals surface area contributed by atoms with Gasteiger partial charge in [0.1, 0.15) is 0 Å². The predicted octanol–water partition coefficient (Wildman–Crippen LogP) is 3.54. The quantitative estimate of drug-likeness (QED) is 0.520. The van der Waals surface area contributed by atoms with Gasteiger partial charge in [-0.15, -0.1) is 0 Å². The Balaban J connectivity index is 2.45. The largest absolute Gasteiger partial charge is 0.426 e. The van der Waals surface area contributed by atoms with E-state index in [-0.39, 0.29) is 16.6 Å². The van der Waals surface area contributed by atoms with Crippen LogP contribution in [0.2, 0.25) is 0 Å². The molecule has 0 bridgehead atoms. The van der Waals surface area contributed by atoms with E-state index in [9.17, 15) is 36.5 Å². The van der Waals surface area contributed by atoms with Crippen LogP contribution in [-0.2, 0) is 6.42 Å². The van der Waals surface area contributed by atoms with E-state index in [0.717, 1.165) is 30.3 Å². The van der Waals surface area contributed by atoms with Crippen LogP contribution in [0.3, 0.4) is 0 Å². The van der Waals surface area contributed by atoms with Gasteiger partial charge in [-0.3, -0.25) is 15.1 Å². The minimum Gasteiger partial charge on any atom is -0.373 e. The molecule has 1 heterocycles. The van der Waals surface area contributed by atoms with Crippen LogP contribution in [0.5, 0.6) is 0 Å². The summed E-state index contributed by atoms with van der Waals surface area (Å²) in [6.45, 7) is 0. The maximum Gasteiger partial charge on any atom is 0.426 e. The number of nitro groups is 1. The van der Waals surface area contributed by atoms with Gasteiger partial charge in [0.05, 0.1) is 10.4 Å². The van der Waals surface area contributed by atoms with E-state index in [1.807, 2.05) is 0 Å². The van der Waals surface area contributed by atoms with Crippen LogP contribution in [-0.4, -0.2) is 33.0 Å². The van der Waals surface area contributed by atoms with E-state index in [2.05, 4.69) is 4.98 Å². The summed E-state index contributed by atoms with van der Waals surface area (Å²) in [7, 11) is 0. The van der Waals surface area contributed by atoms with Crippen molar-refractivity contribution in [2.75, 3.05) is 0 Å². The number of hydrogen-bond acceptors (Lipinski definition) is 4. The molecule has 0 amide bonds. The molecule has 0 spiro atoms. The number of hydrogen-bond donors (Lipinski definition) is 1. The number of nitro benzene ring substituents is 1. The van der Waals surface area contributed by atoms with Crippen molar-refractivity contribution < 1.29 is 36.4 Å². The molecule has 1 aromatic heterocycles. The maximum atomic E-state index is 12.7. The third-order valence-electron chi connectivity index (χ3n) is 3.32. The highest BCUT2D eigenvalue weighted by atomic mass is 19.4. The monoisotopic (exact) mass is 354 g/mol. The van der Waals surface area contributed by atoms with Crippen molar-refractivity contribution >= 4 is 16.6 Å². The Labute approximate surface area is 129 Å². The average molecular weight is 354 g/mol. The van der Waals surface area contributed by atoms with Gasteiger partial charge in [-0.1, -0.05) is 6.07 Å². The predicted molar refractivity (Wildman–Crippen MR) is 69.2 cm³/mol. The van der Waals surface area contributed by atoms with Crippen molar-refractivity contribution in [3.63, 3.8) is 0 Å². The van der Waals surface area contributed by atoms with Crippen molar-refractivity contribution in [3.8, 4) is 0 Å². The third kappa shape index (κ3) is 3.11. The molecule has 0 aliphatic carbocycles. The smallest absolute Gasteiger partial charge is 0.373 e. The number of alkyl halides is 6. The first-order valence-corrected chi connectivity index (χ1v) is 6.25. The van der Waals surface area contributed by atoms with Gasteiger partial charge in [0.25, 0.3) is 11.3 Å². The van der Waals surface area contributed by atoms with Crippen molar-refractivity contribution in [2.24, 2.45) is 0 Å². The molecule has 2 aromatic rings. The number of benzene rings is 1. The van der Waals surface area contributed by atoms with Gasteiger partial charge in [0.2, 0.25) is 0 Å². The molecule has 0 saturated heterocycles. The van der Waals surface area contributed by atoms with Crippen LogP contribution in [0, 0.1) is 10.1 Å². The van der Waals surface area contributed by atoms with Gasteiger partial charge in [0.15, 0.2) is 0 Å². The van der Waals surface area contributed by atoms with E-state index >= 15 is 0 Å². The van der Waals surface area contributed by atoms with Gasteiger partial charge in [0, 0.05) is 29.6 Å². The second kappa shape index (κ2) is 5.58. The molecule has 24 heavy (non-hydrogen) atoms. The summed E-state index contributed by atoms with van der Waals surface area (Å²) in [5, 5.41) is 19.9. The molecule has 0 fully saturated rings. The summed E-state index contributed by atoms with van der Waals surface area (Å²) in [5.74, 6) is 0. The van der Waals surface area contributed by atoms with Crippen molar-refractivity contribution in [3.05, 3.63) is 46.1 Å². The zero-order valence-electron chi connectivity index (χ0n) is 11.5. The summed E-state index contributed by atoms with van der Waals surface area (Å²) in [6.07, 6.45) is -13.7. The second-order valence-corrected chi connectivity index (χ2v) is 4.97. The molecule has 0 saturated carbocycles. The van der Waals surface area contributed by atoms with E-state index in [0.29, 0.717) is 0 Å². The zero-order valence-corrected chi connectivity index (χ0v) is 11.5. The standard InChI is InChI=1S/C13H8F6N2O3/c14-12(15,16)11(22,13(17,18)19)6-8-2-1-7-5-9(21(23)24)3-4-10(7)20-8/h1-5,22H,6H2. The number of aromatic nitrogens is 1. The molecule has 0 atom stereocenters. The molecule has 5 nitrogen and oxygen atoms in total. The second-order valence-electron chi connectivity index (χ2n) is 4.97. The summed E-state index contributed by atoms with van der Waals surface area (Å²) in [6, 6.07) is 5.12. The van der Waals surface area contributed by atoms with Gasteiger partial charge in [-0.2, -0.15) is 26.3 Å². The first kappa shape index (κ1) is 17.9. The molecule has 0 unspecified atom stereocenters. The fourth-order valence-electron chi connectivity index (χ4n) is 1.99. The fourth-order valence-corrected chi connectivity index (χ4v) is 1.99.